The Bertz CT molecular complexity index is 597. The van der Waals surface area contributed by atoms with Gasteiger partial charge in [0.2, 0.25) is 12.3 Å². The minimum atomic E-state index is -1.32. The van der Waals surface area contributed by atoms with Crippen molar-refractivity contribution in [2.24, 2.45) is 0 Å². The van der Waals surface area contributed by atoms with Crippen LogP contribution in [-0.4, -0.2) is 45.6 Å². The van der Waals surface area contributed by atoms with Gasteiger partial charge in [0.15, 0.2) is 0 Å². The monoisotopic (exact) mass is 370 g/mol. The second-order valence-electron chi connectivity index (χ2n) is 6.96. The number of nitrogens with zero attached hydrogens (tertiary/aromatic N) is 1. The number of hydrogen-bond acceptors (Lipinski definition) is 5. The van der Waals surface area contributed by atoms with Crippen molar-refractivity contribution in [2.45, 2.75) is 64.6 Å². The molecule has 1 rings (SSSR count). The Kier molecular flexibility index (Phi) is 7.13. The van der Waals surface area contributed by atoms with Crippen LogP contribution in [0.25, 0.3) is 0 Å². The first kappa shape index (κ1) is 21.1. The number of hydrogen-bond donors (Lipinski definition) is 2. The van der Waals surface area contributed by atoms with E-state index in [1.165, 1.54) is 11.3 Å². The van der Waals surface area contributed by atoms with Crippen LogP contribution >= 0.6 is 11.3 Å². The van der Waals surface area contributed by atoms with Crippen molar-refractivity contribution in [2.75, 3.05) is 0 Å². The third-order valence-corrected chi connectivity index (χ3v) is 4.49. The molecule has 2 amide bonds. The van der Waals surface area contributed by atoms with Gasteiger partial charge in [-0.2, -0.15) is 11.3 Å². The third-order valence-electron chi connectivity index (χ3n) is 3.76. The van der Waals surface area contributed by atoms with Crippen LogP contribution in [0.5, 0.6) is 0 Å². The quantitative estimate of drug-likeness (QED) is 0.513. The maximum absolute atomic E-state index is 12.8. The highest BCUT2D eigenvalue weighted by Crippen LogP contribution is 2.23. The van der Waals surface area contributed by atoms with E-state index in [0.717, 1.165) is 10.6 Å². The number of thiophene rings is 1. The van der Waals surface area contributed by atoms with E-state index in [9.17, 15) is 19.5 Å². The lowest BCUT2D eigenvalue weighted by molar-refractivity contribution is -0.250. The molecule has 0 bridgehead atoms. The predicted octanol–water partition coefficient (Wildman–Crippen LogP) is 2.22. The molecule has 2 atom stereocenters. The first-order valence-electron chi connectivity index (χ1n) is 8.02. The van der Waals surface area contributed by atoms with E-state index in [-0.39, 0.29) is 12.8 Å². The summed E-state index contributed by atoms with van der Waals surface area (Å²) in [5, 5.41) is 16.6. The molecule has 0 fully saturated rings. The number of aliphatic carboxylic acids is 1. The van der Waals surface area contributed by atoms with Crippen LogP contribution in [0, 0.1) is 0 Å². The van der Waals surface area contributed by atoms with Crippen molar-refractivity contribution in [3.63, 3.8) is 0 Å². The topological polar surface area (TPSA) is 95.9 Å². The van der Waals surface area contributed by atoms with Gasteiger partial charge in [-0.05, 0) is 56.5 Å². The van der Waals surface area contributed by atoms with Gasteiger partial charge in [-0.3, -0.25) is 14.4 Å². The van der Waals surface area contributed by atoms with Gasteiger partial charge < -0.3 is 10.4 Å². The zero-order chi connectivity index (χ0) is 19.3. The molecule has 0 aliphatic heterocycles. The molecule has 0 aliphatic rings. The third kappa shape index (κ3) is 5.82. The molecule has 2 N–H and O–H groups in total. The number of carbonyl (C=O) groups excluding carboxylic acids is 2. The Labute approximate surface area is 151 Å². The van der Waals surface area contributed by atoms with Gasteiger partial charge in [0.05, 0.1) is 5.60 Å². The van der Waals surface area contributed by atoms with E-state index in [1.54, 1.807) is 34.6 Å². The Morgan fingerprint density at radius 1 is 1.40 bits per heavy atom. The number of amides is 2. The lowest BCUT2D eigenvalue weighted by Crippen LogP contribution is -2.60. The second kappa shape index (κ2) is 8.44. The van der Waals surface area contributed by atoms with Gasteiger partial charge >= 0.3 is 5.97 Å². The summed E-state index contributed by atoms with van der Waals surface area (Å²) in [6, 6.07) is 0.725. The molecule has 25 heavy (non-hydrogen) atoms. The van der Waals surface area contributed by atoms with E-state index < -0.39 is 29.1 Å². The Morgan fingerprint density at radius 3 is 2.44 bits per heavy atom. The van der Waals surface area contributed by atoms with Gasteiger partial charge in [0.1, 0.15) is 11.6 Å². The van der Waals surface area contributed by atoms with E-state index in [2.05, 4.69) is 5.32 Å². The minimum absolute atomic E-state index is 0.172. The van der Waals surface area contributed by atoms with E-state index >= 15 is 0 Å². The van der Waals surface area contributed by atoms with Gasteiger partial charge in [-0.25, -0.2) is 9.86 Å². The van der Waals surface area contributed by atoms with Crippen LogP contribution in [0.2, 0.25) is 0 Å². The fraction of sp³-hybridized carbons (Fsp3) is 0.588. The molecule has 1 aromatic rings. The summed E-state index contributed by atoms with van der Waals surface area (Å²) in [6.07, 6.45) is 0.882. The number of carbonyl (C=O) groups is 3. The SMILES string of the molecule is CCC(C)(C(=O)N[C@H](Cc1ccsc1)C(=O)O)N(C=O)OC(C)(C)C. The molecule has 1 unspecified atom stereocenters. The Hall–Kier alpha value is -1.93. The fourth-order valence-electron chi connectivity index (χ4n) is 2.11. The van der Waals surface area contributed by atoms with Crippen LogP contribution in [0.4, 0.5) is 0 Å². The van der Waals surface area contributed by atoms with Crippen molar-refractivity contribution in [3.8, 4) is 0 Å². The molecular weight excluding hydrogens is 344 g/mol. The number of carboxylic acid groups (broad SMARTS) is 1. The van der Waals surface area contributed by atoms with E-state index in [1.807, 2.05) is 16.8 Å². The first-order chi connectivity index (χ1) is 11.5. The van der Waals surface area contributed by atoms with Crippen molar-refractivity contribution in [1.82, 2.24) is 10.4 Å². The highest BCUT2D eigenvalue weighted by atomic mass is 32.1. The summed E-state index contributed by atoms with van der Waals surface area (Å²) < 4.78 is 0. The predicted molar refractivity (Wildman–Crippen MR) is 95.0 cm³/mol. The largest absolute Gasteiger partial charge is 0.480 e. The zero-order valence-corrected chi connectivity index (χ0v) is 16.1. The molecule has 1 heterocycles. The van der Waals surface area contributed by atoms with Gasteiger partial charge in [-0.1, -0.05) is 6.92 Å². The van der Waals surface area contributed by atoms with Gasteiger partial charge in [-0.15, -0.1) is 0 Å². The molecule has 7 nitrogen and oxygen atoms in total. The van der Waals surface area contributed by atoms with Gasteiger partial charge in [0.25, 0.3) is 0 Å². The summed E-state index contributed by atoms with van der Waals surface area (Å²) >= 11 is 1.46. The summed E-state index contributed by atoms with van der Waals surface area (Å²) in [7, 11) is 0. The maximum atomic E-state index is 12.8. The lowest BCUT2D eigenvalue weighted by Gasteiger charge is -2.39. The lowest BCUT2D eigenvalue weighted by atomic mass is 9.96. The molecule has 0 saturated carbocycles. The van der Waals surface area contributed by atoms with E-state index in [0.29, 0.717) is 6.41 Å². The zero-order valence-electron chi connectivity index (χ0n) is 15.2. The molecule has 0 spiro atoms. The van der Waals surface area contributed by atoms with Crippen LogP contribution in [-0.2, 0) is 25.6 Å². The van der Waals surface area contributed by atoms with Gasteiger partial charge in [0, 0.05) is 6.42 Å². The maximum Gasteiger partial charge on any atom is 0.326 e. The average molecular weight is 370 g/mol. The number of carboxylic acids is 1. The van der Waals surface area contributed by atoms with Crippen molar-refractivity contribution < 1.29 is 24.3 Å². The average Bonchev–Trinajstić information content (AvgIpc) is 3.03. The fourth-order valence-corrected chi connectivity index (χ4v) is 2.79. The number of nitrogens with one attached hydrogen (secondary N) is 1. The highest BCUT2D eigenvalue weighted by molar-refractivity contribution is 7.07. The molecule has 140 valence electrons. The van der Waals surface area contributed by atoms with Crippen molar-refractivity contribution in [3.05, 3.63) is 22.4 Å². The summed E-state index contributed by atoms with van der Waals surface area (Å²) in [5.74, 6) is -1.71. The molecular formula is C17H26N2O5S. The van der Waals surface area contributed by atoms with Crippen molar-refractivity contribution >= 4 is 29.6 Å². The normalized spacial score (nSPS) is 15.1. The van der Waals surface area contributed by atoms with Crippen LogP contribution in [0.3, 0.4) is 0 Å². The van der Waals surface area contributed by atoms with E-state index in [4.69, 9.17) is 4.84 Å². The highest BCUT2D eigenvalue weighted by Gasteiger charge is 2.42. The molecule has 0 saturated heterocycles. The van der Waals surface area contributed by atoms with Crippen LogP contribution in [0.15, 0.2) is 16.8 Å². The second-order valence-corrected chi connectivity index (χ2v) is 7.74. The summed E-state index contributed by atoms with van der Waals surface area (Å²) in [5.41, 5.74) is -1.17. The standard InChI is InChI=1S/C17H26N2O5S/c1-6-17(5,19(11-20)24-16(2,3)4)15(23)18-13(14(21)22)9-12-7-8-25-10-12/h7-8,10-11,13H,6,9H2,1-5H3,(H,18,23)(H,21,22)/t13-,17?/m1/s1. The molecule has 0 aromatic carbocycles. The van der Waals surface area contributed by atoms with Crippen LogP contribution in [0.1, 0.15) is 46.6 Å². The molecule has 0 radical (unpaired) electrons. The summed E-state index contributed by atoms with van der Waals surface area (Å²) in [4.78, 5) is 41.3. The molecule has 8 heteroatoms. The van der Waals surface area contributed by atoms with Crippen molar-refractivity contribution in [1.29, 1.82) is 0 Å². The smallest absolute Gasteiger partial charge is 0.326 e. The first-order valence-corrected chi connectivity index (χ1v) is 8.96. The minimum Gasteiger partial charge on any atom is -0.480 e. The Morgan fingerprint density at radius 2 is 2.04 bits per heavy atom. The van der Waals surface area contributed by atoms with Crippen LogP contribution < -0.4 is 5.32 Å². The summed E-state index contributed by atoms with van der Waals surface area (Å²) in [6.45, 7) is 8.55. The number of hydroxylamine groups is 2. The Balaban J connectivity index is 2.97. The number of rotatable bonds is 9. The molecule has 0 aliphatic carbocycles. The molecule has 1 aromatic heterocycles.